The van der Waals surface area contributed by atoms with Crippen LogP contribution in [0.3, 0.4) is 0 Å². The van der Waals surface area contributed by atoms with Gasteiger partial charge in [-0.15, -0.1) is 11.3 Å². The molecule has 0 aliphatic heterocycles. The van der Waals surface area contributed by atoms with Crippen LogP contribution in [0.2, 0.25) is 0 Å². The second-order valence-electron chi connectivity index (χ2n) is 5.33. The van der Waals surface area contributed by atoms with Gasteiger partial charge >= 0.3 is 0 Å². The fourth-order valence-electron chi connectivity index (χ4n) is 2.32. The first-order valence-corrected chi connectivity index (χ1v) is 9.75. The number of aromatic nitrogens is 3. The first-order valence-electron chi connectivity index (χ1n) is 7.88. The number of pyridine rings is 1. The molecule has 0 saturated heterocycles. The molecule has 3 aromatic heterocycles. The zero-order chi connectivity index (χ0) is 17.6. The van der Waals surface area contributed by atoms with Crippen molar-refractivity contribution in [1.29, 1.82) is 0 Å². The average Bonchev–Trinajstić information content (AvgIpc) is 3.30. The third-order valence-electron chi connectivity index (χ3n) is 3.51. The van der Waals surface area contributed by atoms with Gasteiger partial charge in [-0.25, -0.2) is 4.98 Å². The zero-order valence-electron chi connectivity index (χ0n) is 13.9. The smallest absolute Gasteiger partial charge is 0.230 e. The number of amides is 1. The van der Waals surface area contributed by atoms with Crippen LogP contribution in [0.25, 0.3) is 11.4 Å². The summed E-state index contributed by atoms with van der Waals surface area (Å²) in [5.74, 6) is 1.24. The van der Waals surface area contributed by atoms with Crippen LogP contribution in [-0.2, 0) is 4.79 Å². The predicted molar refractivity (Wildman–Crippen MR) is 98.5 cm³/mol. The number of nitrogens with zero attached hydrogens (tertiary/aromatic N) is 3. The van der Waals surface area contributed by atoms with Gasteiger partial charge in [-0.3, -0.25) is 4.79 Å². The Morgan fingerprint density at radius 1 is 1.40 bits per heavy atom. The van der Waals surface area contributed by atoms with Crippen molar-refractivity contribution in [1.82, 2.24) is 20.4 Å². The lowest BCUT2D eigenvalue weighted by Gasteiger charge is -2.15. The van der Waals surface area contributed by atoms with Gasteiger partial charge in [-0.1, -0.05) is 29.9 Å². The highest BCUT2D eigenvalue weighted by atomic mass is 32.2. The van der Waals surface area contributed by atoms with Gasteiger partial charge in [0.15, 0.2) is 0 Å². The molecule has 0 radical (unpaired) electrons. The molecule has 6 nitrogen and oxygen atoms in total. The summed E-state index contributed by atoms with van der Waals surface area (Å²) in [7, 11) is 0. The minimum absolute atomic E-state index is 0.0221. The van der Waals surface area contributed by atoms with E-state index in [1.807, 2.05) is 29.6 Å². The van der Waals surface area contributed by atoms with Gasteiger partial charge in [-0.05, 0) is 30.0 Å². The molecule has 0 aliphatic carbocycles. The average molecular weight is 374 g/mol. The van der Waals surface area contributed by atoms with E-state index in [1.54, 1.807) is 24.5 Å². The molecule has 1 N–H and O–H groups in total. The zero-order valence-corrected chi connectivity index (χ0v) is 15.6. The van der Waals surface area contributed by atoms with Crippen molar-refractivity contribution < 1.29 is 9.32 Å². The van der Waals surface area contributed by atoms with E-state index < -0.39 is 0 Å². The van der Waals surface area contributed by atoms with Crippen LogP contribution in [0, 0.1) is 6.92 Å². The molecule has 3 rings (SSSR count). The van der Waals surface area contributed by atoms with Crippen molar-refractivity contribution in [2.45, 2.75) is 31.3 Å². The van der Waals surface area contributed by atoms with Crippen LogP contribution in [-0.4, -0.2) is 26.8 Å². The van der Waals surface area contributed by atoms with E-state index in [2.05, 4.69) is 27.4 Å². The number of carbonyl (C=O) groups is 1. The van der Waals surface area contributed by atoms with E-state index in [0.29, 0.717) is 16.7 Å². The molecule has 1 amide bonds. The van der Waals surface area contributed by atoms with E-state index in [4.69, 9.17) is 4.52 Å². The van der Waals surface area contributed by atoms with Gasteiger partial charge in [0.1, 0.15) is 5.03 Å². The maximum Gasteiger partial charge on any atom is 0.230 e. The monoisotopic (exact) mass is 374 g/mol. The van der Waals surface area contributed by atoms with E-state index in [1.165, 1.54) is 16.6 Å². The third kappa shape index (κ3) is 4.46. The fourth-order valence-corrected chi connectivity index (χ4v) is 3.98. The molecule has 0 unspecified atom stereocenters. The summed E-state index contributed by atoms with van der Waals surface area (Å²) in [5.41, 5.74) is 0.766. The molecule has 0 aromatic carbocycles. The molecule has 1 atom stereocenters. The van der Waals surface area contributed by atoms with Crippen molar-refractivity contribution in [3.05, 3.63) is 46.6 Å². The van der Waals surface area contributed by atoms with Crippen LogP contribution < -0.4 is 5.32 Å². The largest absolute Gasteiger partial charge is 0.348 e. The van der Waals surface area contributed by atoms with Crippen LogP contribution in [0.1, 0.15) is 30.2 Å². The minimum Gasteiger partial charge on any atom is -0.348 e. The summed E-state index contributed by atoms with van der Waals surface area (Å²) in [4.78, 5) is 22.1. The summed E-state index contributed by atoms with van der Waals surface area (Å²) in [6, 6.07) is 7.78. The molecule has 0 spiro atoms. The van der Waals surface area contributed by atoms with E-state index in [0.717, 1.165) is 12.0 Å². The highest BCUT2D eigenvalue weighted by molar-refractivity contribution is 8.00. The van der Waals surface area contributed by atoms with Gasteiger partial charge in [0.2, 0.25) is 17.6 Å². The Morgan fingerprint density at radius 2 is 2.28 bits per heavy atom. The van der Waals surface area contributed by atoms with Crippen molar-refractivity contribution in [3.8, 4) is 11.4 Å². The summed E-state index contributed by atoms with van der Waals surface area (Å²) in [6.07, 6.45) is 2.55. The predicted octanol–water partition coefficient (Wildman–Crippen LogP) is 3.86. The summed E-state index contributed by atoms with van der Waals surface area (Å²) in [6.45, 7) is 3.80. The molecule has 0 bridgehead atoms. The second kappa shape index (κ2) is 8.26. The Balaban J connectivity index is 1.65. The SMILES string of the molecule is CC[C@@H](NC(=O)CSc1ncccc1-c1noc(C)n1)c1cccs1. The first kappa shape index (κ1) is 17.6. The molecular weight excluding hydrogens is 356 g/mol. The van der Waals surface area contributed by atoms with Crippen LogP contribution in [0.5, 0.6) is 0 Å². The van der Waals surface area contributed by atoms with E-state index in [-0.39, 0.29) is 17.7 Å². The highest BCUT2D eigenvalue weighted by Gasteiger charge is 2.16. The summed E-state index contributed by atoms with van der Waals surface area (Å²) < 4.78 is 5.03. The van der Waals surface area contributed by atoms with Crippen LogP contribution in [0.4, 0.5) is 0 Å². The van der Waals surface area contributed by atoms with Crippen LogP contribution >= 0.6 is 23.1 Å². The fraction of sp³-hybridized carbons (Fsp3) is 0.294. The Labute approximate surface area is 154 Å². The Hall–Kier alpha value is -2.19. The number of nitrogens with one attached hydrogen (secondary N) is 1. The Bertz CT molecular complexity index is 833. The Kier molecular flexibility index (Phi) is 5.83. The number of hydrogen-bond donors (Lipinski definition) is 1. The molecule has 0 aliphatic rings. The van der Waals surface area contributed by atoms with E-state index in [9.17, 15) is 4.79 Å². The molecular formula is C17H18N4O2S2. The number of thioether (sulfide) groups is 1. The van der Waals surface area contributed by atoms with Gasteiger partial charge in [0, 0.05) is 18.0 Å². The normalized spacial score (nSPS) is 12.1. The van der Waals surface area contributed by atoms with Gasteiger partial charge in [0.05, 0.1) is 17.4 Å². The molecule has 25 heavy (non-hydrogen) atoms. The minimum atomic E-state index is -0.0221. The molecule has 3 aromatic rings. The molecule has 130 valence electrons. The Morgan fingerprint density at radius 3 is 2.96 bits per heavy atom. The topological polar surface area (TPSA) is 80.9 Å². The summed E-state index contributed by atoms with van der Waals surface area (Å²) >= 11 is 3.02. The number of aryl methyl sites for hydroxylation is 1. The summed E-state index contributed by atoms with van der Waals surface area (Å²) in [5, 5.41) is 9.74. The quantitative estimate of drug-likeness (QED) is 0.633. The number of hydrogen-bond acceptors (Lipinski definition) is 7. The highest BCUT2D eigenvalue weighted by Crippen LogP contribution is 2.28. The first-order chi connectivity index (χ1) is 12.2. The lowest BCUT2D eigenvalue weighted by atomic mass is 10.2. The van der Waals surface area contributed by atoms with Crippen LogP contribution in [0.15, 0.2) is 45.4 Å². The molecule has 0 fully saturated rings. The van der Waals surface area contributed by atoms with Crippen molar-refractivity contribution in [2.75, 3.05) is 5.75 Å². The molecule has 0 saturated carbocycles. The number of rotatable bonds is 7. The van der Waals surface area contributed by atoms with Gasteiger partial charge in [0.25, 0.3) is 0 Å². The number of thiophene rings is 1. The van der Waals surface area contributed by atoms with Crippen molar-refractivity contribution >= 4 is 29.0 Å². The van der Waals surface area contributed by atoms with Gasteiger partial charge < -0.3 is 9.84 Å². The second-order valence-corrected chi connectivity index (χ2v) is 7.27. The van der Waals surface area contributed by atoms with Gasteiger partial charge in [-0.2, -0.15) is 4.98 Å². The van der Waals surface area contributed by atoms with E-state index >= 15 is 0 Å². The van der Waals surface area contributed by atoms with Crippen molar-refractivity contribution in [3.63, 3.8) is 0 Å². The van der Waals surface area contributed by atoms with Crippen molar-refractivity contribution in [2.24, 2.45) is 0 Å². The lowest BCUT2D eigenvalue weighted by Crippen LogP contribution is -2.29. The molecule has 3 heterocycles. The number of carbonyl (C=O) groups excluding carboxylic acids is 1. The maximum atomic E-state index is 12.3. The standard InChI is InChI=1S/C17H18N4O2S2/c1-3-13(14-7-5-9-24-14)20-15(22)10-25-17-12(6-4-8-18-17)16-19-11(2)23-21-16/h4-9,13H,3,10H2,1-2H3,(H,20,22)/t13-/m1/s1. The molecule has 8 heteroatoms. The lowest BCUT2D eigenvalue weighted by molar-refractivity contribution is -0.119. The maximum absolute atomic E-state index is 12.3. The third-order valence-corrected chi connectivity index (χ3v) is 5.50.